The second kappa shape index (κ2) is 6.83. The molecule has 3 aromatic rings. The zero-order valence-electron chi connectivity index (χ0n) is 13.0. The van der Waals surface area contributed by atoms with Gasteiger partial charge in [-0.3, -0.25) is 10.1 Å². The average molecular weight is 386 g/mol. The maximum atomic E-state index is 12.2. The molecule has 0 unspecified atom stereocenters. The molecule has 0 aliphatic heterocycles. The van der Waals surface area contributed by atoms with Gasteiger partial charge in [0.1, 0.15) is 11.2 Å². The van der Waals surface area contributed by atoms with E-state index in [0.29, 0.717) is 21.7 Å². The van der Waals surface area contributed by atoms with Crippen LogP contribution in [-0.2, 0) is 0 Å². The van der Waals surface area contributed by atoms with E-state index in [9.17, 15) is 23.3 Å². The maximum Gasteiger partial charge on any atom is 0.390 e. The van der Waals surface area contributed by atoms with Crippen LogP contribution in [0.4, 0.5) is 24.5 Å². The third-order valence-corrected chi connectivity index (χ3v) is 3.75. The van der Waals surface area contributed by atoms with Crippen LogP contribution in [0.3, 0.4) is 0 Å². The molecule has 0 saturated carbocycles. The van der Waals surface area contributed by atoms with E-state index in [2.05, 4.69) is 10.3 Å². The zero-order valence-corrected chi connectivity index (χ0v) is 13.8. The summed E-state index contributed by atoms with van der Waals surface area (Å²) in [4.78, 5) is 14.8. The quantitative estimate of drug-likeness (QED) is 0.468. The van der Waals surface area contributed by atoms with Crippen molar-refractivity contribution in [3.8, 4) is 11.5 Å². The molecule has 3 rings (SSSR count). The van der Waals surface area contributed by atoms with E-state index in [0.717, 1.165) is 0 Å². The smallest absolute Gasteiger partial charge is 0.390 e. The Kier molecular flexibility index (Phi) is 4.73. The number of nitrogens with zero attached hydrogens (tertiary/aromatic N) is 2. The van der Waals surface area contributed by atoms with Gasteiger partial charge in [-0.2, -0.15) is 13.2 Å². The van der Waals surface area contributed by atoms with Gasteiger partial charge in [-0.25, -0.2) is 4.98 Å². The monoisotopic (exact) mass is 385 g/mol. The fourth-order valence-electron chi connectivity index (χ4n) is 2.33. The van der Waals surface area contributed by atoms with Crippen molar-refractivity contribution in [1.82, 2.24) is 4.98 Å². The van der Waals surface area contributed by atoms with Crippen LogP contribution in [-0.4, -0.2) is 22.6 Å². The van der Waals surface area contributed by atoms with Gasteiger partial charge in [0.15, 0.2) is 5.58 Å². The van der Waals surface area contributed by atoms with Crippen molar-refractivity contribution in [2.45, 2.75) is 12.6 Å². The molecule has 0 spiro atoms. The van der Waals surface area contributed by atoms with Crippen molar-refractivity contribution in [3.05, 3.63) is 51.5 Å². The van der Waals surface area contributed by atoms with Crippen LogP contribution in [0.2, 0.25) is 5.02 Å². The summed E-state index contributed by atoms with van der Waals surface area (Å²) in [5, 5.41) is 14.2. The molecule has 0 amide bonds. The summed E-state index contributed by atoms with van der Waals surface area (Å²) in [6.45, 7) is -0.467. The minimum Gasteiger partial charge on any atom is -0.436 e. The molecule has 2 aromatic carbocycles. The van der Waals surface area contributed by atoms with Gasteiger partial charge in [0.2, 0.25) is 5.89 Å². The van der Waals surface area contributed by atoms with E-state index in [1.165, 1.54) is 18.2 Å². The van der Waals surface area contributed by atoms with Gasteiger partial charge in [0.25, 0.3) is 5.69 Å². The summed E-state index contributed by atoms with van der Waals surface area (Å²) < 4.78 is 42.2. The molecule has 0 saturated heterocycles. The average Bonchev–Trinajstić information content (AvgIpc) is 2.96. The fourth-order valence-corrected chi connectivity index (χ4v) is 2.49. The van der Waals surface area contributed by atoms with Crippen LogP contribution >= 0.6 is 11.6 Å². The number of anilines is 1. The SMILES string of the molecule is O=[N+]([O-])c1cc(-c2nc3cc(Cl)ccc3o2)ccc1NCCC(F)(F)F. The number of hydrogen-bond acceptors (Lipinski definition) is 5. The lowest BCUT2D eigenvalue weighted by Gasteiger charge is -2.09. The Labute approximate surface area is 149 Å². The topological polar surface area (TPSA) is 81.2 Å². The van der Waals surface area contributed by atoms with E-state index in [4.69, 9.17) is 16.0 Å². The lowest BCUT2D eigenvalue weighted by Crippen LogP contribution is -2.15. The van der Waals surface area contributed by atoms with Crippen LogP contribution in [0.1, 0.15) is 6.42 Å². The molecule has 136 valence electrons. The number of fused-ring (bicyclic) bond motifs is 1. The molecule has 1 N–H and O–H groups in total. The summed E-state index contributed by atoms with van der Waals surface area (Å²) in [6, 6.07) is 8.83. The number of alkyl halides is 3. The van der Waals surface area contributed by atoms with Crippen molar-refractivity contribution in [2.24, 2.45) is 0 Å². The largest absolute Gasteiger partial charge is 0.436 e. The first-order valence-electron chi connectivity index (χ1n) is 7.38. The highest BCUT2D eigenvalue weighted by Crippen LogP contribution is 2.32. The lowest BCUT2D eigenvalue weighted by atomic mass is 10.1. The van der Waals surface area contributed by atoms with Crippen LogP contribution < -0.4 is 5.32 Å². The van der Waals surface area contributed by atoms with E-state index in [1.54, 1.807) is 18.2 Å². The number of nitro groups is 1. The molecular weight excluding hydrogens is 375 g/mol. The Morgan fingerprint density at radius 1 is 1.23 bits per heavy atom. The Bertz CT molecular complexity index is 972. The molecule has 0 aliphatic rings. The summed E-state index contributed by atoms with van der Waals surface area (Å²) in [6.07, 6.45) is -5.45. The number of rotatable bonds is 5. The summed E-state index contributed by atoms with van der Waals surface area (Å²) >= 11 is 5.88. The lowest BCUT2D eigenvalue weighted by molar-refractivity contribution is -0.383. The van der Waals surface area contributed by atoms with Gasteiger partial charge in [0, 0.05) is 23.2 Å². The van der Waals surface area contributed by atoms with E-state index >= 15 is 0 Å². The Morgan fingerprint density at radius 2 is 2.00 bits per heavy atom. The zero-order chi connectivity index (χ0) is 18.9. The Hall–Kier alpha value is -2.81. The predicted octanol–water partition coefficient (Wildman–Crippen LogP) is 5.42. The Morgan fingerprint density at radius 3 is 2.69 bits per heavy atom. The number of hydrogen-bond donors (Lipinski definition) is 1. The molecule has 0 fully saturated rings. The molecule has 26 heavy (non-hydrogen) atoms. The molecule has 1 aromatic heterocycles. The van der Waals surface area contributed by atoms with Gasteiger partial charge in [-0.1, -0.05) is 11.6 Å². The summed E-state index contributed by atoms with van der Waals surface area (Å²) in [7, 11) is 0. The number of nitro benzene ring substituents is 1. The highest BCUT2D eigenvalue weighted by Gasteiger charge is 2.27. The van der Waals surface area contributed by atoms with Crippen LogP contribution in [0.15, 0.2) is 40.8 Å². The first-order valence-corrected chi connectivity index (χ1v) is 7.76. The van der Waals surface area contributed by atoms with E-state index in [1.807, 2.05) is 0 Å². The molecule has 0 atom stereocenters. The number of halogens is 4. The molecule has 10 heteroatoms. The molecule has 6 nitrogen and oxygen atoms in total. The van der Waals surface area contributed by atoms with Crippen molar-refractivity contribution in [3.63, 3.8) is 0 Å². The third-order valence-electron chi connectivity index (χ3n) is 3.51. The highest BCUT2D eigenvalue weighted by molar-refractivity contribution is 6.31. The standard InChI is InChI=1S/C16H11ClF3N3O3/c17-10-2-4-14-12(8-10)22-15(26-14)9-1-3-11(13(7-9)23(24)25)21-6-5-16(18,19)20/h1-4,7-8,21H,5-6H2. The first kappa shape index (κ1) is 18.0. The van der Waals surface area contributed by atoms with Gasteiger partial charge in [0.05, 0.1) is 11.3 Å². The van der Waals surface area contributed by atoms with Gasteiger partial charge >= 0.3 is 6.18 Å². The van der Waals surface area contributed by atoms with Gasteiger partial charge < -0.3 is 9.73 Å². The minimum atomic E-state index is -4.35. The van der Waals surface area contributed by atoms with Crippen molar-refractivity contribution in [2.75, 3.05) is 11.9 Å². The van der Waals surface area contributed by atoms with Gasteiger partial charge in [-0.15, -0.1) is 0 Å². The number of oxazole rings is 1. The van der Waals surface area contributed by atoms with Crippen molar-refractivity contribution >= 4 is 34.1 Å². The normalized spacial score (nSPS) is 11.7. The van der Waals surface area contributed by atoms with E-state index in [-0.39, 0.29) is 17.3 Å². The van der Waals surface area contributed by atoms with Crippen molar-refractivity contribution in [1.29, 1.82) is 0 Å². The van der Waals surface area contributed by atoms with Crippen LogP contribution in [0, 0.1) is 10.1 Å². The second-order valence-electron chi connectivity index (χ2n) is 5.41. The predicted molar refractivity (Wildman–Crippen MR) is 90.3 cm³/mol. The minimum absolute atomic E-state index is 0.0119. The maximum absolute atomic E-state index is 12.2. The van der Waals surface area contributed by atoms with E-state index < -0.39 is 24.1 Å². The first-order chi connectivity index (χ1) is 12.2. The van der Waals surface area contributed by atoms with Crippen LogP contribution in [0.25, 0.3) is 22.6 Å². The van der Waals surface area contributed by atoms with Crippen molar-refractivity contribution < 1.29 is 22.5 Å². The molecule has 1 heterocycles. The second-order valence-corrected chi connectivity index (χ2v) is 5.85. The molecule has 0 bridgehead atoms. The number of aromatic nitrogens is 1. The Balaban J connectivity index is 1.90. The third kappa shape index (κ3) is 4.05. The highest BCUT2D eigenvalue weighted by atomic mass is 35.5. The molecule has 0 radical (unpaired) electrons. The molecule has 0 aliphatic carbocycles. The summed E-state index contributed by atoms with van der Waals surface area (Å²) in [5.41, 5.74) is 0.888. The van der Waals surface area contributed by atoms with Gasteiger partial charge in [-0.05, 0) is 30.3 Å². The summed E-state index contributed by atoms with van der Waals surface area (Å²) in [5.74, 6) is 0.146. The molecular formula is C16H11ClF3N3O3. The van der Waals surface area contributed by atoms with Crippen LogP contribution in [0.5, 0.6) is 0 Å². The number of nitrogens with one attached hydrogen (secondary N) is 1. The fraction of sp³-hybridized carbons (Fsp3) is 0.188. The number of benzene rings is 2.